The zero-order chi connectivity index (χ0) is 12.1. The third-order valence-corrected chi connectivity index (χ3v) is 2.28. The first-order valence-corrected chi connectivity index (χ1v) is 5.47. The van der Waals surface area contributed by atoms with Crippen molar-refractivity contribution >= 4 is 11.6 Å². The number of anilines is 1. The van der Waals surface area contributed by atoms with E-state index in [0.717, 1.165) is 11.3 Å². The van der Waals surface area contributed by atoms with Gasteiger partial charge >= 0.3 is 0 Å². The minimum absolute atomic E-state index is 0.134. The predicted molar refractivity (Wildman–Crippen MR) is 67.0 cm³/mol. The Balaban J connectivity index is 2.54. The van der Waals surface area contributed by atoms with Crippen molar-refractivity contribution in [3.05, 3.63) is 36.8 Å². The molecule has 3 N–H and O–H groups in total. The Morgan fingerprint density at radius 1 is 1.38 bits per heavy atom. The number of rotatable bonds is 4. The van der Waals surface area contributed by atoms with E-state index in [1.807, 2.05) is 38.1 Å². The molecule has 0 saturated heterocycles. The van der Waals surface area contributed by atoms with E-state index in [-0.39, 0.29) is 5.91 Å². The summed E-state index contributed by atoms with van der Waals surface area (Å²) in [6.07, 6.45) is 0.694. The predicted octanol–water partition coefficient (Wildman–Crippen LogP) is 2.18. The SMILES string of the molecule is [CH2]c1ccc(NC(=O)[C@@H](N)CC(C)C)cc1. The molecular formula is C13H19N2O. The van der Waals surface area contributed by atoms with E-state index in [1.54, 1.807) is 0 Å². The Labute approximate surface area is 97.0 Å². The van der Waals surface area contributed by atoms with E-state index < -0.39 is 6.04 Å². The van der Waals surface area contributed by atoms with Crippen LogP contribution in [0.2, 0.25) is 0 Å². The maximum Gasteiger partial charge on any atom is 0.241 e. The van der Waals surface area contributed by atoms with Gasteiger partial charge in [0.05, 0.1) is 6.04 Å². The monoisotopic (exact) mass is 219 g/mol. The van der Waals surface area contributed by atoms with Gasteiger partial charge in [-0.05, 0) is 37.0 Å². The topological polar surface area (TPSA) is 55.1 Å². The Kier molecular flexibility index (Phi) is 4.50. The summed E-state index contributed by atoms with van der Waals surface area (Å²) in [4.78, 5) is 11.7. The molecule has 1 aromatic rings. The van der Waals surface area contributed by atoms with E-state index in [0.29, 0.717) is 12.3 Å². The van der Waals surface area contributed by atoms with Crippen LogP contribution in [0.5, 0.6) is 0 Å². The Morgan fingerprint density at radius 3 is 2.44 bits per heavy atom. The summed E-state index contributed by atoms with van der Waals surface area (Å²) in [5.74, 6) is 0.286. The zero-order valence-electron chi connectivity index (χ0n) is 9.86. The van der Waals surface area contributed by atoms with Crippen LogP contribution >= 0.6 is 0 Å². The highest BCUT2D eigenvalue weighted by Gasteiger charge is 2.14. The number of hydrogen-bond donors (Lipinski definition) is 2. The quantitative estimate of drug-likeness (QED) is 0.815. The molecule has 16 heavy (non-hydrogen) atoms. The lowest BCUT2D eigenvalue weighted by atomic mass is 10.0. The first-order chi connectivity index (χ1) is 7.49. The highest BCUT2D eigenvalue weighted by molar-refractivity contribution is 5.94. The van der Waals surface area contributed by atoms with Crippen molar-refractivity contribution in [3.8, 4) is 0 Å². The van der Waals surface area contributed by atoms with Gasteiger partial charge in [-0.15, -0.1) is 0 Å². The van der Waals surface area contributed by atoms with Crippen LogP contribution in [0.4, 0.5) is 5.69 Å². The molecule has 0 unspecified atom stereocenters. The van der Waals surface area contributed by atoms with Gasteiger partial charge in [-0.3, -0.25) is 4.79 Å². The lowest BCUT2D eigenvalue weighted by molar-refractivity contribution is -0.117. The molecule has 87 valence electrons. The highest BCUT2D eigenvalue weighted by atomic mass is 16.2. The van der Waals surface area contributed by atoms with Crippen LogP contribution in [-0.2, 0) is 4.79 Å². The normalized spacial score (nSPS) is 12.6. The minimum atomic E-state index is -0.445. The largest absolute Gasteiger partial charge is 0.325 e. The summed E-state index contributed by atoms with van der Waals surface area (Å²) in [5, 5.41) is 2.78. The van der Waals surface area contributed by atoms with Crippen LogP contribution in [0.25, 0.3) is 0 Å². The summed E-state index contributed by atoms with van der Waals surface area (Å²) < 4.78 is 0. The van der Waals surface area contributed by atoms with Crippen LogP contribution in [0.15, 0.2) is 24.3 Å². The smallest absolute Gasteiger partial charge is 0.241 e. The Morgan fingerprint density at radius 2 is 1.94 bits per heavy atom. The van der Waals surface area contributed by atoms with Crippen molar-refractivity contribution in [2.75, 3.05) is 5.32 Å². The third kappa shape index (κ3) is 4.03. The summed E-state index contributed by atoms with van der Waals surface area (Å²) in [7, 11) is 0. The molecule has 0 aliphatic heterocycles. The fourth-order valence-electron chi connectivity index (χ4n) is 1.44. The third-order valence-electron chi connectivity index (χ3n) is 2.28. The van der Waals surface area contributed by atoms with Gasteiger partial charge < -0.3 is 11.1 Å². The fraction of sp³-hybridized carbons (Fsp3) is 0.385. The molecule has 0 aromatic heterocycles. The number of nitrogens with one attached hydrogen (secondary N) is 1. The number of carbonyl (C=O) groups excluding carboxylic acids is 1. The zero-order valence-corrected chi connectivity index (χ0v) is 9.86. The molecule has 0 aliphatic carbocycles. The number of benzene rings is 1. The fourth-order valence-corrected chi connectivity index (χ4v) is 1.44. The highest BCUT2D eigenvalue weighted by Crippen LogP contribution is 2.10. The van der Waals surface area contributed by atoms with E-state index in [1.165, 1.54) is 0 Å². The summed E-state index contributed by atoms with van der Waals surface area (Å²) in [5.41, 5.74) is 7.45. The van der Waals surface area contributed by atoms with Crippen molar-refractivity contribution in [1.82, 2.24) is 0 Å². The molecule has 0 saturated carbocycles. The molecule has 1 radical (unpaired) electrons. The summed E-state index contributed by atoms with van der Waals surface area (Å²) in [6, 6.07) is 6.90. The maximum absolute atomic E-state index is 11.7. The van der Waals surface area contributed by atoms with E-state index in [4.69, 9.17) is 5.73 Å². The van der Waals surface area contributed by atoms with Crippen molar-refractivity contribution in [3.63, 3.8) is 0 Å². The van der Waals surface area contributed by atoms with Gasteiger partial charge in [-0.25, -0.2) is 0 Å². The van der Waals surface area contributed by atoms with Gasteiger partial charge in [0.15, 0.2) is 0 Å². The maximum atomic E-state index is 11.7. The van der Waals surface area contributed by atoms with Crippen molar-refractivity contribution in [1.29, 1.82) is 0 Å². The van der Waals surface area contributed by atoms with E-state index in [9.17, 15) is 4.79 Å². The molecule has 3 heteroatoms. The summed E-state index contributed by atoms with van der Waals surface area (Å²) in [6.45, 7) is 7.87. The molecule has 1 aromatic carbocycles. The molecule has 0 spiro atoms. The summed E-state index contributed by atoms with van der Waals surface area (Å²) >= 11 is 0. The van der Waals surface area contributed by atoms with Crippen LogP contribution in [-0.4, -0.2) is 11.9 Å². The molecule has 0 bridgehead atoms. The molecule has 0 aliphatic rings. The second-order valence-corrected chi connectivity index (χ2v) is 4.42. The van der Waals surface area contributed by atoms with E-state index >= 15 is 0 Å². The number of nitrogens with two attached hydrogens (primary N) is 1. The van der Waals surface area contributed by atoms with Crippen molar-refractivity contribution in [2.45, 2.75) is 26.3 Å². The number of amides is 1. The van der Waals surface area contributed by atoms with Gasteiger partial charge in [0.2, 0.25) is 5.91 Å². The second kappa shape index (κ2) is 5.66. The first kappa shape index (κ1) is 12.7. The number of hydrogen-bond acceptors (Lipinski definition) is 2. The molecule has 0 heterocycles. The Bertz CT molecular complexity index is 343. The average Bonchev–Trinajstić information content (AvgIpc) is 2.20. The van der Waals surface area contributed by atoms with Gasteiger partial charge in [-0.2, -0.15) is 0 Å². The molecule has 0 fully saturated rings. The van der Waals surface area contributed by atoms with Crippen LogP contribution in [0.3, 0.4) is 0 Å². The molecule has 1 atom stereocenters. The van der Waals surface area contributed by atoms with Crippen molar-refractivity contribution < 1.29 is 4.79 Å². The lowest BCUT2D eigenvalue weighted by Crippen LogP contribution is -2.36. The minimum Gasteiger partial charge on any atom is -0.325 e. The van der Waals surface area contributed by atoms with Gasteiger partial charge in [0, 0.05) is 5.69 Å². The first-order valence-electron chi connectivity index (χ1n) is 5.47. The Hall–Kier alpha value is -1.35. The van der Waals surface area contributed by atoms with Crippen LogP contribution < -0.4 is 11.1 Å². The van der Waals surface area contributed by atoms with Crippen LogP contribution in [0, 0.1) is 12.8 Å². The van der Waals surface area contributed by atoms with Crippen LogP contribution in [0.1, 0.15) is 25.8 Å². The van der Waals surface area contributed by atoms with Crippen molar-refractivity contribution in [2.24, 2.45) is 11.7 Å². The second-order valence-electron chi connectivity index (χ2n) is 4.42. The number of carbonyl (C=O) groups is 1. The average molecular weight is 219 g/mol. The standard InChI is InChI=1S/C13H19N2O/c1-9(2)8-12(14)13(16)15-11-6-4-10(3)5-7-11/h4-7,9,12H,3,8,14H2,1-2H3,(H,15,16)/t12-/m0/s1. The van der Waals surface area contributed by atoms with Gasteiger partial charge in [0.1, 0.15) is 0 Å². The van der Waals surface area contributed by atoms with E-state index in [2.05, 4.69) is 12.2 Å². The van der Waals surface area contributed by atoms with Gasteiger partial charge in [0.25, 0.3) is 0 Å². The van der Waals surface area contributed by atoms with Gasteiger partial charge in [-0.1, -0.05) is 26.0 Å². The molecule has 1 amide bonds. The molecule has 3 nitrogen and oxygen atoms in total. The molecular weight excluding hydrogens is 200 g/mol. The molecule has 1 rings (SSSR count). The lowest BCUT2D eigenvalue weighted by Gasteiger charge is -2.14.